The van der Waals surface area contributed by atoms with Crippen LogP contribution in [0.1, 0.15) is 33.6 Å². The number of aryl methyl sites for hydroxylation is 1. The quantitative estimate of drug-likeness (QED) is 0.885. The van der Waals surface area contributed by atoms with Crippen LogP contribution >= 0.6 is 11.3 Å². The molecule has 0 aliphatic heterocycles. The molecular weight excluding hydrogens is 274 g/mol. The van der Waals surface area contributed by atoms with Crippen molar-refractivity contribution in [3.05, 3.63) is 22.5 Å². The van der Waals surface area contributed by atoms with Crippen LogP contribution in [0.2, 0.25) is 0 Å². The van der Waals surface area contributed by atoms with Gasteiger partial charge in [-0.25, -0.2) is 4.68 Å². The van der Waals surface area contributed by atoms with Crippen molar-refractivity contribution in [2.45, 2.75) is 46.2 Å². The molecule has 2 heterocycles. The van der Waals surface area contributed by atoms with Crippen molar-refractivity contribution in [1.29, 1.82) is 0 Å². The van der Waals surface area contributed by atoms with Crippen LogP contribution in [-0.4, -0.2) is 26.0 Å². The molecule has 2 aromatic heterocycles. The minimum Gasteiger partial charge on any atom is -0.358 e. The van der Waals surface area contributed by atoms with Crippen LogP contribution in [0.25, 0.3) is 10.7 Å². The second-order valence-corrected chi connectivity index (χ2v) is 5.62. The minimum atomic E-state index is -0.0851. The van der Waals surface area contributed by atoms with E-state index in [4.69, 9.17) is 0 Å². The van der Waals surface area contributed by atoms with Crippen molar-refractivity contribution in [2.24, 2.45) is 0 Å². The van der Waals surface area contributed by atoms with E-state index in [9.17, 15) is 4.79 Å². The standard InChI is InChI=1S/C13H19N5OS/c1-4-8-18-11(19)7-6-10(17-18)12-15-16-13(20-12)14-9(3)5-2/h6-7,9H,4-5,8H2,1-3H3,(H,14,16). The molecule has 0 aromatic carbocycles. The summed E-state index contributed by atoms with van der Waals surface area (Å²) in [6.45, 7) is 6.84. The molecule has 1 atom stereocenters. The highest BCUT2D eigenvalue weighted by Gasteiger charge is 2.10. The van der Waals surface area contributed by atoms with Crippen LogP contribution in [0.5, 0.6) is 0 Å². The Bertz CT molecular complexity index is 621. The molecule has 0 aliphatic carbocycles. The summed E-state index contributed by atoms with van der Waals surface area (Å²) >= 11 is 1.45. The summed E-state index contributed by atoms with van der Waals surface area (Å²) in [5, 5.41) is 17.4. The van der Waals surface area contributed by atoms with Crippen LogP contribution in [-0.2, 0) is 6.54 Å². The molecule has 0 radical (unpaired) electrons. The fourth-order valence-corrected chi connectivity index (χ4v) is 2.45. The molecule has 20 heavy (non-hydrogen) atoms. The SMILES string of the molecule is CCCn1nc(-c2nnc(NC(C)CC)s2)ccc1=O. The van der Waals surface area contributed by atoms with E-state index in [1.807, 2.05) is 6.92 Å². The lowest BCUT2D eigenvalue weighted by atomic mass is 10.3. The number of nitrogens with one attached hydrogen (secondary N) is 1. The lowest BCUT2D eigenvalue weighted by molar-refractivity contribution is 0.570. The lowest BCUT2D eigenvalue weighted by Crippen LogP contribution is -2.21. The van der Waals surface area contributed by atoms with Gasteiger partial charge in [-0.2, -0.15) is 5.10 Å². The van der Waals surface area contributed by atoms with E-state index in [-0.39, 0.29) is 5.56 Å². The maximum atomic E-state index is 11.6. The Hall–Kier alpha value is -1.76. The second kappa shape index (κ2) is 6.60. The van der Waals surface area contributed by atoms with Gasteiger partial charge in [-0.1, -0.05) is 25.2 Å². The maximum absolute atomic E-state index is 11.6. The molecule has 0 saturated heterocycles. The summed E-state index contributed by atoms with van der Waals surface area (Å²) in [7, 11) is 0. The summed E-state index contributed by atoms with van der Waals surface area (Å²) in [5.74, 6) is 0. The molecule has 0 spiro atoms. The molecular formula is C13H19N5OS. The Kier molecular flexibility index (Phi) is 4.84. The van der Waals surface area contributed by atoms with E-state index in [1.54, 1.807) is 6.07 Å². The van der Waals surface area contributed by atoms with Crippen LogP contribution < -0.4 is 10.9 Å². The van der Waals surface area contributed by atoms with Crippen molar-refractivity contribution in [1.82, 2.24) is 20.0 Å². The van der Waals surface area contributed by atoms with Gasteiger partial charge in [-0.15, -0.1) is 10.2 Å². The first-order chi connectivity index (χ1) is 9.63. The van der Waals surface area contributed by atoms with Crippen molar-refractivity contribution in [3.8, 4) is 10.7 Å². The van der Waals surface area contributed by atoms with Gasteiger partial charge in [0.05, 0.1) is 0 Å². The minimum absolute atomic E-state index is 0.0851. The molecule has 2 aromatic rings. The highest BCUT2D eigenvalue weighted by atomic mass is 32.1. The molecule has 0 amide bonds. The molecule has 1 unspecified atom stereocenters. The van der Waals surface area contributed by atoms with E-state index in [1.165, 1.54) is 22.1 Å². The number of nitrogens with zero attached hydrogens (tertiary/aromatic N) is 4. The van der Waals surface area contributed by atoms with Gasteiger partial charge in [0.1, 0.15) is 5.69 Å². The Morgan fingerprint density at radius 3 is 2.85 bits per heavy atom. The highest BCUT2D eigenvalue weighted by Crippen LogP contribution is 2.24. The van der Waals surface area contributed by atoms with Gasteiger partial charge in [0.2, 0.25) is 5.13 Å². The van der Waals surface area contributed by atoms with Gasteiger partial charge >= 0.3 is 0 Å². The average molecular weight is 293 g/mol. The third kappa shape index (κ3) is 3.41. The van der Waals surface area contributed by atoms with Crippen LogP contribution in [0, 0.1) is 0 Å². The Labute approximate surface area is 121 Å². The topological polar surface area (TPSA) is 72.7 Å². The predicted molar refractivity (Wildman–Crippen MR) is 81.1 cm³/mol. The Balaban J connectivity index is 2.23. The molecule has 0 saturated carbocycles. The number of rotatable bonds is 6. The van der Waals surface area contributed by atoms with Gasteiger partial charge in [0.25, 0.3) is 5.56 Å². The first-order valence-electron chi connectivity index (χ1n) is 6.82. The first kappa shape index (κ1) is 14.6. The Morgan fingerprint density at radius 1 is 1.35 bits per heavy atom. The van der Waals surface area contributed by atoms with Gasteiger partial charge in [-0.3, -0.25) is 4.79 Å². The molecule has 0 fully saturated rings. The van der Waals surface area contributed by atoms with Crippen LogP contribution in [0.3, 0.4) is 0 Å². The summed E-state index contributed by atoms with van der Waals surface area (Å²) in [6, 6.07) is 3.58. The zero-order valence-corrected chi connectivity index (χ0v) is 12.8. The highest BCUT2D eigenvalue weighted by molar-refractivity contribution is 7.18. The fourth-order valence-electron chi connectivity index (χ4n) is 1.63. The number of hydrogen-bond acceptors (Lipinski definition) is 6. The van der Waals surface area contributed by atoms with Gasteiger partial charge in [-0.05, 0) is 25.8 Å². The molecule has 7 heteroatoms. The number of aromatic nitrogens is 4. The largest absolute Gasteiger partial charge is 0.358 e. The van der Waals surface area contributed by atoms with Crippen molar-refractivity contribution in [2.75, 3.05) is 5.32 Å². The van der Waals surface area contributed by atoms with Crippen LogP contribution in [0.4, 0.5) is 5.13 Å². The molecule has 6 nitrogen and oxygen atoms in total. The van der Waals surface area contributed by atoms with Gasteiger partial charge in [0.15, 0.2) is 5.01 Å². The fraction of sp³-hybridized carbons (Fsp3) is 0.538. The second-order valence-electron chi connectivity index (χ2n) is 4.65. The van der Waals surface area contributed by atoms with Gasteiger partial charge in [0, 0.05) is 18.7 Å². The number of anilines is 1. The molecule has 0 bridgehead atoms. The maximum Gasteiger partial charge on any atom is 0.266 e. The Morgan fingerprint density at radius 2 is 2.15 bits per heavy atom. The van der Waals surface area contributed by atoms with E-state index >= 15 is 0 Å². The third-order valence-corrected chi connectivity index (χ3v) is 3.81. The zero-order valence-electron chi connectivity index (χ0n) is 12.0. The predicted octanol–water partition coefficient (Wildman–Crippen LogP) is 2.38. The summed E-state index contributed by atoms with van der Waals surface area (Å²) in [4.78, 5) is 11.6. The van der Waals surface area contributed by atoms with E-state index in [2.05, 4.69) is 34.5 Å². The monoisotopic (exact) mass is 293 g/mol. The summed E-state index contributed by atoms with van der Waals surface area (Å²) in [5.41, 5.74) is 0.603. The van der Waals surface area contributed by atoms with Crippen molar-refractivity contribution >= 4 is 16.5 Å². The van der Waals surface area contributed by atoms with E-state index in [0.29, 0.717) is 18.3 Å². The number of hydrogen-bond donors (Lipinski definition) is 1. The lowest BCUT2D eigenvalue weighted by Gasteiger charge is -2.07. The third-order valence-electron chi connectivity index (χ3n) is 2.93. The van der Waals surface area contributed by atoms with Crippen molar-refractivity contribution < 1.29 is 0 Å². The van der Waals surface area contributed by atoms with Crippen LogP contribution in [0.15, 0.2) is 16.9 Å². The first-order valence-corrected chi connectivity index (χ1v) is 7.64. The average Bonchev–Trinajstić information content (AvgIpc) is 2.90. The zero-order chi connectivity index (χ0) is 14.5. The van der Waals surface area contributed by atoms with Gasteiger partial charge < -0.3 is 5.32 Å². The van der Waals surface area contributed by atoms with E-state index in [0.717, 1.165) is 23.0 Å². The molecule has 2 rings (SSSR count). The molecule has 108 valence electrons. The van der Waals surface area contributed by atoms with Crippen molar-refractivity contribution in [3.63, 3.8) is 0 Å². The summed E-state index contributed by atoms with van der Waals surface area (Å²) in [6.07, 6.45) is 1.89. The molecule has 1 N–H and O–H groups in total. The van der Waals surface area contributed by atoms with E-state index < -0.39 is 0 Å². The summed E-state index contributed by atoms with van der Waals surface area (Å²) < 4.78 is 1.47. The normalized spacial score (nSPS) is 12.3. The smallest absolute Gasteiger partial charge is 0.266 e. The molecule has 0 aliphatic rings.